The SMILES string of the molecule is C=c1ccc(/C=C2\C=CC=CN2C(=N)Cc2cccnc2)c/c1=C/C=C\C.CCC.CN. The van der Waals surface area contributed by atoms with E-state index in [4.69, 9.17) is 5.41 Å². The molecule has 3 rings (SSSR count). The molecule has 1 aromatic heterocycles. The number of benzene rings is 1. The van der Waals surface area contributed by atoms with Crippen molar-refractivity contribution in [3.63, 3.8) is 0 Å². The van der Waals surface area contributed by atoms with E-state index in [9.17, 15) is 0 Å². The van der Waals surface area contributed by atoms with Gasteiger partial charge in [-0.1, -0.05) is 69.4 Å². The van der Waals surface area contributed by atoms with Crippen LogP contribution in [0.1, 0.15) is 38.3 Å². The van der Waals surface area contributed by atoms with Crippen molar-refractivity contribution in [3.8, 4) is 0 Å². The summed E-state index contributed by atoms with van der Waals surface area (Å²) in [4.78, 5) is 6.04. The average Bonchev–Trinajstić information content (AvgIpc) is 2.82. The molecule has 3 N–H and O–H groups in total. The molecule has 2 aromatic rings. The summed E-state index contributed by atoms with van der Waals surface area (Å²) in [5, 5.41) is 10.6. The first-order valence-corrected chi connectivity index (χ1v) is 10.9. The Hall–Kier alpha value is -3.50. The lowest BCUT2D eigenvalue weighted by molar-refractivity contribution is 0.690. The summed E-state index contributed by atoms with van der Waals surface area (Å²) < 4.78 is 0. The van der Waals surface area contributed by atoms with Crippen LogP contribution in [-0.4, -0.2) is 22.8 Å². The van der Waals surface area contributed by atoms with Gasteiger partial charge >= 0.3 is 0 Å². The molecule has 4 nitrogen and oxygen atoms in total. The summed E-state index contributed by atoms with van der Waals surface area (Å²) >= 11 is 0. The van der Waals surface area contributed by atoms with E-state index in [0.29, 0.717) is 12.3 Å². The zero-order chi connectivity index (χ0) is 23.8. The van der Waals surface area contributed by atoms with Crippen LogP contribution in [0.15, 0.2) is 85.0 Å². The highest BCUT2D eigenvalue weighted by molar-refractivity contribution is 5.86. The van der Waals surface area contributed by atoms with Crippen LogP contribution in [0.5, 0.6) is 0 Å². The van der Waals surface area contributed by atoms with Gasteiger partial charge in [-0.05, 0) is 65.9 Å². The Bertz CT molecular complexity index is 1060. The molecule has 0 spiro atoms. The number of rotatable bonds is 4. The molecule has 1 aromatic carbocycles. The van der Waals surface area contributed by atoms with Crippen LogP contribution in [-0.2, 0) is 6.42 Å². The predicted octanol–water partition coefficient (Wildman–Crippen LogP) is 4.79. The monoisotopic (exact) mass is 428 g/mol. The maximum atomic E-state index is 8.53. The van der Waals surface area contributed by atoms with E-state index >= 15 is 0 Å². The smallest absolute Gasteiger partial charge is 0.109 e. The molecule has 0 amide bonds. The average molecular weight is 429 g/mol. The molecule has 168 valence electrons. The normalized spacial score (nSPS) is 14.1. The minimum absolute atomic E-state index is 0.504. The lowest BCUT2D eigenvalue weighted by Crippen LogP contribution is -2.26. The van der Waals surface area contributed by atoms with Gasteiger partial charge in [-0.3, -0.25) is 10.4 Å². The molecule has 0 fully saturated rings. The van der Waals surface area contributed by atoms with Crippen molar-refractivity contribution >= 4 is 24.6 Å². The molecule has 0 unspecified atom stereocenters. The van der Waals surface area contributed by atoms with Gasteiger partial charge in [-0.25, -0.2) is 0 Å². The van der Waals surface area contributed by atoms with Gasteiger partial charge in [0.2, 0.25) is 0 Å². The van der Waals surface area contributed by atoms with E-state index in [2.05, 4.69) is 55.4 Å². The van der Waals surface area contributed by atoms with Crippen molar-refractivity contribution in [1.29, 1.82) is 5.41 Å². The van der Waals surface area contributed by atoms with Crippen LogP contribution in [0.25, 0.3) is 18.7 Å². The van der Waals surface area contributed by atoms with Crippen LogP contribution in [0.3, 0.4) is 0 Å². The summed E-state index contributed by atoms with van der Waals surface area (Å²) in [6, 6.07) is 10.1. The van der Waals surface area contributed by atoms with E-state index in [1.54, 1.807) is 12.4 Å². The highest BCUT2D eigenvalue weighted by Gasteiger charge is 2.13. The zero-order valence-electron chi connectivity index (χ0n) is 19.8. The zero-order valence-corrected chi connectivity index (χ0v) is 19.8. The lowest BCUT2D eigenvalue weighted by Gasteiger charge is -2.24. The third-order valence-corrected chi connectivity index (χ3v) is 4.23. The van der Waals surface area contributed by atoms with Crippen molar-refractivity contribution in [2.45, 2.75) is 33.6 Å². The second-order valence-electron chi connectivity index (χ2n) is 6.98. The van der Waals surface area contributed by atoms with Crippen molar-refractivity contribution < 1.29 is 0 Å². The molecule has 0 saturated carbocycles. The highest BCUT2D eigenvalue weighted by Crippen LogP contribution is 2.17. The van der Waals surface area contributed by atoms with Gasteiger partial charge in [0.05, 0.1) is 0 Å². The Balaban J connectivity index is 0.000000944. The number of amidine groups is 1. The number of aromatic nitrogens is 1. The van der Waals surface area contributed by atoms with E-state index in [0.717, 1.165) is 27.3 Å². The minimum Gasteiger partial charge on any atom is -0.333 e. The number of pyridine rings is 1. The fraction of sp³-hybridized carbons (Fsp3) is 0.214. The number of nitrogens with zero attached hydrogens (tertiary/aromatic N) is 2. The highest BCUT2D eigenvalue weighted by atomic mass is 15.2. The Morgan fingerprint density at radius 1 is 1.19 bits per heavy atom. The number of hydrogen-bond acceptors (Lipinski definition) is 3. The first-order valence-electron chi connectivity index (χ1n) is 10.9. The van der Waals surface area contributed by atoms with Crippen molar-refractivity contribution in [2.75, 3.05) is 7.05 Å². The van der Waals surface area contributed by atoms with Crippen molar-refractivity contribution in [2.24, 2.45) is 5.73 Å². The van der Waals surface area contributed by atoms with Gasteiger partial charge in [0.1, 0.15) is 5.84 Å². The minimum atomic E-state index is 0.504. The number of nitrogens with one attached hydrogen (secondary N) is 1. The van der Waals surface area contributed by atoms with E-state index in [1.165, 1.54) is 13.5 Å². The van der Waals surface area contributed by atoms with E-state index in [1.807, 2.05) is 66.6 Å². The van der Waals surface area contributed by atoms with Gasteiger partial charge in [0.15, 0.2) is 0 Å². The molecule has 1 aliphatic heterocycles. The molecule has 4 heteroatoms. The van der Waals surface area contributed by atoms with Gasteiger partial charge in [-0.2, -0.15) is 0 Å². The molecular weight excluding hydrogens is 392 g/mol. The predicted molar refractivity (Wildman–Crippen MR) is 140 cm³/mol. The van der Waals surface area contributed by atoms with Gasteiger partial charge in [0.25, 0.3) is 0 Å². The standard InChI is InChI=1S/C24H23N3.C3H8.CH5N/c1-3-4-9-22-15-20(12-11-19(22)2)16-23-10-5-6-14-27(23)24(25)17-21-8-7-13-26-18-21;1-3-2;1-2/h3-16,18,25H,2,17H2,1H3;3H2,1-2H3;2H2,1H3/b4-3-,22-9-,23-16+,25-24?;;. The lowest BCUT2D eigenvalue weighted by atomic mass is 10.1. The molecule has 0 bridgehead atoms. The van der Waals surface area contributed by atoms with Gasteiger partial charge in [0, 0.05) is 30.7 Å². The quantitative estimate of drug-likeness (QED) is 0.544. The van der Waals surface area contributed by atoms with E-state index < -0.39 is 0 Å². The third kappa shape index (κ3) is 8.70. The second-order valence-corrected chi connectivity index (χ2v) is 6.98. The molecular formula is C28H36N4. The summed E-state index contributed by atoms with van der Waals surface area (Å²) in [5.41, 5.74) is 7.56. The molecule has 32 heavy (non-hydrogen) atoms. The largest absolute Gasteiger partial charge is 0.333 e. The fourth-order valence-corrected chi connectivity index (χ4v) is 2.83. The Morgan fingerprint density at radius 2 is 1.94 bits per heavy atom. The summed E-state index contributed by atoms with van der Waals surface area (Å²) in [7, 11) is 1.50. The second kappa shape index (κ2) is 15.3. The number of nitrogens with two attached hydrogens (primary N) is 1. The molecule has 0 radical (unpaired) electrons. The summed E-state index contributed by atoms with van der Waals surface area (Å²) in [5.74, 6) is 0.504. The van der Waals surface area contributed by atoms with Crippen molar-refractivity contribution in [3.05, 3.63) is 107 Å². The van der Waals surface area contributed by atoms with Crippen LogP contribution < -0.4 is 16.2 Å². The maximum Gasteiger partial charge on any atom is 0.109 e. The van der Waals surface area contributed by atoms with Crippen molar-refractivity contribution in [1.82, 2.24) is 9.88 Å². The van der Waals surface area contributed by atoms with Crippen LogP contribution >= 0.6 is 0 Å². The number of allylic oxidation sites excluding steroid dienone is 5. The number of hydrogen-bond donors (Lipinski definition) is 2. The van der Waals surface area contributed by atoms with Crippen LogP contribution in [0.2, 0.25) is 0 Å². The Kier molecular flexibility index (Phi) is 12.7. The Labute approximate surface area is 193 Å². The molecule has 0 saturated heterocycles. The van der Waals surface area contributed by atoms with E-state index in [-0.39, 0.29) is 0 Å². The summed E-state index contributed by atoms with van der Waals surface area (Å²) in [6.07, 6.45) is 21.4. The maximum absolute atomic E-state index is 8.53. The first kappa shape index (κ1) is 26.5. The Morgan fingerprint density at radius 3 is 2.59 bits per heavy atom. The summed E-state index contributed by atoms with van der Waals surface area (Å²) in [6.45, 7) is 10.3. The van der Waals surface area contributed by atoms with Gasteiger partial charge in [-0.15, -0.1) is 0 Å². The topological polar surface area (TPSA) is 66.0 Å². The van der Waals surface area contributed by atoms with Crippen LogP contribution in [0, 0.1) is 5.41 Å². The van der Waals surface area contributed by atoms with Gasteiger partial charge < -0.3 is 10.6 Å². The first-order chi connectivity index (χ1) is 15.6. The van der Waals surface area contributed by atoms with Crippen LogP contribution in [0.4, 0.5) is 0 Å². The molecule has 0 aliphatic carbocycles. The molecule has 2 heterocycles. The molecule has 0 atom stereocenters. The third-order valence-electron chi connectivity index (χ3n) is 4.23. The molecule has 1 aliphatic rings. The fourth-order valence-electron chi connectivity index (χ4n) is 2.83.